The van der Waals surface area contributed by atoms with Gasteiger partial charge in [-0.2, -0.15) is 0 Å². The van der Waals surface area contributed by atoms with Gasteiger partial charge in [0.1, 0.15) is 6.04 Å². The molecule has 0 aliphatic heterocycles. The van der Waals surface area contributed by atoms with Crippen molar-refractivity contribution in [3.8, 4) is 0 Å². The van der Waals surface area contributed by atoms with E-state index in [0.29, 0.717) is 4.88 Å². The molecule has 2 N–H and O–H groups in total. The molecule has 1 aliphatic carbocycles. The van der Waals surface area contributed by atoms with Crippen molar-refractivity contribution in [1.82, 2.24) is 10.6 Å². The number of thiophene rings is 1. The van der Waals surface area contributed by atoms with E-state index in [9.17, 15) is 14.4 Å². The van der Waals surface area contributed by atoms with E-state index in [0.717, 1.165) is 25.7 Å². The van der Waals surface area contributed by atoms with Gasteiger partial charge in [-0.1, -0.05) is 32.8 Å². The summed E-state index contributed by atoms with van der Waals surface area (Å²) in [6, 6.07) is 2.88. The molecule has 1 heterocycles. The molecule has 6 nitrogen and oxygen atoms in total. The third kappa shape index (κ3) is 5.33. The van der Waals surface area contributed by atoms with Crippen LogP contribution in [0.4, 0.5) is 0 Å². The van der Waals surface area contributed by atoms with Gasteiger partial charge >= 0.3 is 5.97 Å². The van der Waals surface area contributed by atoms with Gasteiger partial charge in [-0.15, -0.1) is 11.3 Å². The lowest BCUT2D eigenvalue weighted by Crippen LogP contribution is -2.46. The van der Waals surface area contributed by atoms with Gasteiger partial charge in [0.05, 0.1) is 4.88 Å². The van der Waals surface area contributed by atoms with Crippen molar-refractivity contribution >= 4 is 29.1 Å². The lowest BCUT2D eigenvalue weighted by molar-refractivity contribution is -0.151. The molecule has 2 amide bonds. The molecular formula is C17H24N2O4S. The maximum absolute atomic E-state index is 12.2. The minimum Gasteiger partial charge on any atom is -0.454 e. The Morgan fingerprint density at radius 3 is 2.58 bits per heavy atom. The first kappa shape index (κ1) is 18.4. The van der Waals surface area contributed by atoms with Crippen LogP contribution in [0.15, 0.2) is 17.5 Å². The van der Waals surface area contributed by atoms with Crippen LogP contribution in [-0.4, -0.2) is 36.5 Å². The summed E-state index contributed by atoms with van der Waals surface area (Å²) in [6.07, 6.45) is 4.19. The molecule has 0 saturated heterocycles. The van der Waals surface area contributed by atoms with Gasteiger partial charge in [0.25, 0.3) is 11.8 Å². The van der Waals surface area contributed by atoms with E-state index in [1.54, 1.807) is 17.5 Å². The van der Waals surface area contributed by atoms with Crippen LogP contribution in [0.2, 0.25) is 0 Å². The fourth-order valence-electron chi connectivity index (χ4n) is 2.68. The Bertz CT molecular complexity index is 565. The molecule has 1 aliphatic rings. The van der Waals surface area contributed by atoms with Gasteiger partial charge < -0.3 is 15.4 Å². The van der Waals surface area contributed by atoms with Gasteiger partial charge in [0, 0.05) is 6.04 Å². The van der Waals surface area contributed by atoms with Crippen LogP contribution in [0.5, 0.6) is 0 Å². The van der Waals surface area contributed by atoms with E-state index < -0.39 is 12.0 Å². The predicted molar refractivity (Wildman–Crippen MR) is 91.8 cm³/mol. The summed E-state index contributed by atoms with van der Waals surface area (Å²) in [5.74, 6) is -1.32. The summed E-state index contributed by atoms with van der Waals surface area (Å²) in [6.45, 7) is 3.33. The third-order valence-corrected chi connectivity index (χ3v) is 4.89. The zero-order valence-electron chi connectivity index (χ0n) is 14.0. The summed E-state index contributed by atoms with van der Waals surface area (Å²) >= 11 is 1.30. The topological polar surface area (TPSA) is 84.5 Å². The molecule has 7 heteroatoms. The fraction of sp³-hybridized carbons (Fsp3) is 0.588. The number of ether oxygens (including phenoxy) is 1. The summed E-state index contributed by atoms with van der Waals surface area (Å²) in [5.41, 5.74) is 0. The molecule has 132 valence electrons. The van der Waals surface area contributed by atoms with Crippen LogP contribution < -0.4 is 10.6 Å². The molecule has 2 rings (SSSR count). The van der Waals surface area contributed by atoms with E-state index >= 15 is 0 Å². The Kier molecular flexibility index (Phi) is 6.78. The number of amides is 2. The standard InChI is InChI=1S/C17H24N2O4S/c1-11(2)15(19-16(21)13-8-5-9-24-13)17(22)23-10-14(20)18-12-6-3-4-7-12/h5,8-9,11-12,15H,3-4,6-7,10H2,1-2H3,(H,18,20)(H,19,21)/t15-/m0/s1. The van der Waals surface area contributed by atoms with E-state index in [1.807, 2.05) is 13.8 Å². The predicted octanol–water partition coefficient (Wildman–Crippen LogP) is 2.10. The van der Waals surface area contributed by atoms with Crippen molar-refractivity contribution in [1.29, 1.82) is 0 Å². The van der Waals surface area contributed by atoms with Gasteiger partial charge in [0.15, 0.2) is 6.61 Å². The van der Waals surface area contributed by atoms with Crippen molar-refractivity contribution < 1.29 is 19.1 Å². The molecular weight excluding hydrogens is 328 g/mol. The number of carbonyl (C=O) groups is 3. The average molecular weight is 352 g/mol. The minimum atomic E-state index is -0.779. The second-order valence-corrected chi connectivity index (χ2v) is 7.28. The van der Waals surface area contributed by atoms with E-state index in [1.165, 1.54) is 11.3 Å². The van der Waals surface area contributed by atoms with Crippen molar-refractivity contribution in [2.75, 3.05) is 6.61 Å². The molecule has 0 spiro atoms. The molecule has 1 atom stereocenters. The van der Waals surface area contributed by atoms with Gasteiger partial charge in [-0.25, -0.2) is 4.79 Å². The molecule has 24 heavy (non-hydrogen) atoms. The van der Waals surface area contributed by atoms with E-state index in [-0.39, 0.29) is 30.4 Å². The lowest BCUT2D eigenvalue weighted by atomic mass is 10.0. The van der Waals surface area contributed by atoms with Gasteiger partial charge in [0.2, 0.25) is 0 Å². The molecule has 1 aromatic heterocycles. The average Bonchev–Trinajstić information content (AvgIpc) is 3.23. The van der Waals surface area contributed by atoms with Crippen LogP contribution >= 0.6 is 11.3 Å². The SMILES string of the molecule is CC(C)[C@H](NC(=O)c1cccs1)C(=O)OCC(=O)NC1CCCC1. The first-order chi connectivity index (χ1) is 11.5. The number of rotatable bonds is 7. The first-order valence-corrected chi connectivity index (χ1v) is 9.15. The molecule has 0 bridgehead atoms. The Morgan fingerprint density at radius 2 is 2.00 bits per heavy atom. The highest BCUT2D eigenvalue weighted by molar-refractivity contribution is 7.12. The fourth-order valence-corrected chi connectivity index (χ4v) is 3.31. The Hall–Kier alpha value is -1.89. The molecule has 1 saturated carbocycles. The van der Waals surface area contributed by atoms with Gasteiger partial charge in [-0.05, 0) is 30.2 Å². The highest BCUT2D eigenvalue weighted by atomic mass is 32.1. The smallest absolute Gasteiger partial charge is 0.329 e. The first-order valence-electron chi connectivity index (χ1n) is 8.27. The van der Waals surface area contributed by atoms with Crippen LogP contribution in [0.25, 0.3) is 0 Å². The van der Waals surface area contributed by atoms with Crippen LogP contribution in [0, 0.1) is 5.92 Å². The normalized spacial score (nSPS) is 16.0. The van der Waals surface area contributed by atoms with Crippen molar-refractivity contribution in [3.05, 3.63) is 22.4 Å². The maximum Gasteiger partial charge on any atom is 0.329 e. The summed E-state index contributed by atoms with van der Waals surface area (Å²) in [5, 5.41) is 7.34. The Morgan fingerprint density at radius 1 is 1.29 bits per heavy atom. The van der Waals surface area contributed by atoms with Crippen molar-refractivity contribution in [3.63, 3.8) is 0 Å². The molecule has 0 aromatic carbocycles. The van der Waals surface area contributed by atoms with E-state index in [4.69, 9.17) is 4.74 Å². The van der Waals surface area contributed by atoms with E-state index in [2.05, 4.69) is 10.6 Å². The van der Waals surface area contributed by atoms with Crippen molar-refractivity contribution in [2.24, 2.45) is 5.92 Å². The number of nitrogens with one attached hydrogen (secondary N) is 2. The second kappa shape index (κ2) is 8.82. The number of carbonyl (C=O) groups excluding carboxylic acids is 3. The largest absolute Gasteiger partial charge is 0.454 e. The number of hydrogen-bond acceptors (Lipinski definition) is 5. The molecule has 0 radical (unpaired) electrons. The van der Waals surface area contributed by atoms with Crippen LogP contribution in [0.1, 0.15) is 49.2 Å². The highest BCUT2D eigenvalue weighted by Crippen LogP contribution is 2.17. The Labute approximate surface area is 146 Å². The quantitative estimate of drug-likeness (QED) is 0.736. The van der Waals surface area contributed by atoms with Gasteiger partial charge in [-0.3, -0.25) is 9.59 Å². The molecule has 0 unspecified atom stereocenters. The second-order valence-electron chi connectivity index (χ2n) is 6.33. The van der Waals surface area contributed by atoms with Crippen LogP contribution in [0.3, 0.4) is 0 Å². The molecule has 1 fully saturated rings. The third-order valence-electron chi connectivity index (χ3n) is 4.02. The van der Waals surface area contributed by atoms with Crippen LogP contribution in [-0.2, 0) is 14.3 Å². The maximum atomic E-state index is 12.2. The number of hydrogen-bond donors (Lipinski definition) is 2. The zero-order valence-corrected chi connectivity index (χ0v) is 14.9. The van der Waals surface area contributed by atoms with Crippen molar-refractivity contribution in [2.45, 2.75) is 51.6 Å². The highest BCUT2D eigenvalue weighted by Gasteiger charge is 2.27. The zero-order chi connectivity index (χ0) is 17.5. The minimum absolute atomic E-state index is 0.140. The summed E-state index contributed by atoms with van der Waals surface area (Å²) < 4.78 is 5.09. The summed E-state index contributed by atoms with van der Waals surface area (Å²) in [4.78, 5) is 36.7. The monoisotopic (exact) mass is 352 g/mol. The number of esters is 1. The Balaban J connectivity index is 1.82. The lowest BCUT2D eigenvalue weighted by Gasteiger charge is -2.20. The summed E-state index contributed by atoms with van der Waals surface area (Å²) in [7, 11) is 0. The molecule has 1 aromatic rings.